The van der Waals surface area contributed by atoms with Gasteiger partial charge in [-0.1, -0.05) is 6.92 Å². The molecular formula is C11H18N2O3. The number of aliphatic hydroxyl groups excluding tert-OH is 1. The second kappa shape index (κ2) is 5.67. The zero-order chi connectivity index (χ0) is 12.1. The SMILES string of the molecule is CCN(CCO)Cc1cc(=O)c(O)cn1C. The van der Waals surface area contributed by atoms with E-state index in [1.54, 1.807) is 11.6 Å². The first-order valence-corrected chi connectivity index (χ1v) is 5.30. The number of aromatic nitrogens is 1. The standard InChI is InChI=1S/C11H18N2O3/c1-3-13(4-5-14)7-9-6-10(15)11(16)8-12(9)2/h6,8,14,16H,3-5,7H2,1-2H3. The van der Waals surface area contributed by atoms with Crippen LogP contribution in [0.15, 0.2) is 17.1 Å². The van der Waals surface area contributed by atoms with Gasteiger partial charge in [0.25, 0.3) is 0 Å². The molecule has 0 aliphatic heterocycles. The fourth-order valence-electron chi connectivity index (χ4n) is 1.53. The maximum absolute atomic E-state index is 11.3. The maximum Gasteiger partial charge on any atom is 0.223 e. The van der Waals surface area contributed by atoms with E-state index in [1.807, 2.05) is 11.8 Å². The molecule has 0 saturated carbocycles. The monoisotopic (exact) mass is 226 g/mol. The van der Waals surface area contributed by atoms with Gasteiger partial charge < -0.3 is 14.8 Å². The van der Waals surface area contributed by atoms with Crippen molar-refractivity contribution >= 4 is 0 Å². The third-order valence-corrected chi connectivity index (χ3v) is 2.57. The van der Waals surface area contributed by atoms with E-state index in [2.05, 4.69) is 0 Å². The molecule has 1 heterocycles. The quantitative estimate of drug-likeness (QED) is 0.736. The molecule has 0 amide bonds. The Morgan fingerprint density at radius 3 is 2.75 bits per heavy atom. The van der Waals surface area contributed by atoms with Crippen molar-refractivity contribution in [3.05, 3.63) is 28.2 Å². The van der Waals surface area contributed by atoms with Crippen LogP contribution in [0.2, 0.25) is 0 Å². The van der Waals surface area contributed by atoms with Gasteiger partial charge in [0, 0.05) is 38.1 Å². The van der Waals surface area contributed by atoms with Crippen molar-refractivity contribution in [2.45, 2.75) is 13.5 Å². The van der Waals surface area contributed by atoms with Crippen LogP contribution in [-0.4, -0.2) is 39.4 Å². The predicted molar refractivity (Wildman–Crippen MR) is 61.4 cm³/mol. The number of aryl methyl sites for hydroxylation is 1. The molecule has 0 aliphatic carbocycles. The molecule has 0 atom stereocenters. The Hall–Kier alpha value is -1.33. The molecule has 5 heteroatoms. The zero-order valence-corrected chi connectivity index (χ0v) is 9.68. The Bertz CT molecular complexity index is 401. The van der Waals surface area contributed by atoms with Gasteiger partial charge in [0.05, 0.1) is 6.61 Å². The Labute approximate surface area is 94.6 Å². The Kier molecular flexibility index (Phi) is 4.52. The molecular weight excluding hydrogens is 208 g/mol. The summed E-state index contributed by atoms with van der Waals surface area (Å²) in [5.74, 6) is -0.239. The summed E-state index contributed by atoms with van der Waals surface area (Å²) in [5, 5.41) is 18.1. The highest BCUT2D eigenvalue weighted by Crippen LogP contribution is 2.06. The summed E-state index contributed by atoms with van der Waals surface area (Å²) in [6.07, 6.45) is 1.41. The van der Waals surface area contributed by atoms with Crippen LogP contribution in [0.3, 0.4) is 0 Å². The second-order valence-electron chi connectivity index (χ2n) is 3.72. The molecule has 5 nitrogen and oxygen atoms in total. The smallest absolute Gasteiger partial charge is 0.223 e. The Morgan fingerprint density at radius 2 is 2.19 bits per heavy atom. The molecule has 0 saturated heterocycles. The summed E-state index contributed by atoms with van der Waals surface area (Å²) in [6.45, 7) is 4.05. The van der Waals surface area contributed by atoms with Crippen LogP contribution >= 0.6 is 0 Å². The molecule has 0 spiro atoms. The largest absolute Gasteiger partial charge is 0.503 e. The molecule has 1 aromatic heterocycles. The van der Waals surface area contributed by atoms with Gasteiger partial charge in [0.1, 0.15) is 0 Å². The lowest BCUT2D eigenvalue weighted by molar-refractivity contribution is 0.194. The minimum atomic E-state index is -0.367. The average Bonchev–Trinajstić information content (AvgIpc) is 2.25. The highest BCUT2D eigenvalue weighted by atomic mass is 16.3. The minimum absolute atomic E-state index is 0.0971. The van der Waals surface area contributed by atoms with Crippen molar-refractivity contribution in [1.82, 2.24) is 9.47 Å². The fraction of sp³-hybridized carbons (Fsp3) is 0.545. The van der Waals surface area contributed by atoms with Gasteiger partial charge >= 0.3 is 0 Å². The van der Waals surface area contributed by atoms with E-state index in [4.69, 9.17) is 5.11 Å². The van der Waals surface area contributed by atoms with Crippen LogP contribution in [0, 0.1) is 0 Å². The third kappa shape index (κ3) is 3.08. The average molecular weight is 226 g/mol. The Balaban J connectivity index is 2.88. The second-order valence-corrected chi connectivity index (χ2v) is 3.72. The number of pyridine rings is 1. The van der Waals surface area contributed by atoms with Crippen LogP contribution in [-0.2, 0) is 13.6 Å². The van der Waals surface area contributed by atoms with Gasteiger partial charge in [-0.15, -0.1) is 0 Å². The summed E-state index contributed by atoms with van der Waals surface area (Å²) in [7, 11) is 1.78. The molecule has 0 radical (unpaired) electrons. The van der Waals surface area contributed by atoms with Crippen LogP contribution in [0.5, 0.6) is 5.75 Å². The van der Waals surface area contributed by atoms with Crippen LogP contribution < -0.4 is 5.43 Å². The molecule has 0 bridgehead atoms. The van der Waals surface area contributed by atoms with Crippen molar-refractivity contribution in [3.63, 3.8) is 0 Å². The number of hydrogen-bond acceptors (Lipinski definition) is 4. The van der Waals surface area contributed by atoms with Gasteiger partial charge in [-0.2, -0.15) is 0 Å². The van der Waals surface area contributed by atoms with E-state index in [-0.39, 0.29) is 17.8 Å². The number of likely N-dealkylation sites (N-methyl/N-ethyl adjacent to an activating group) is 1. The lowest BCUT2D eigenvalue weighted by Gasteiger charge is -2.20. The molecule has 1 rings (SSSR count). The van der Waals surface area contributed by atoms with Crippen molar-refractivity contribution in [2.24, 2.45) is 7.05 Å². The molecule has 90 valence electrons. The molecule has 0 aromatic carbocycles. The van der Waals surface area contributed by atoms with Gasteiger partial charge in [0.15, 0.2) is 5.75 Å². The Morgan fingerprint density at radius 1 is 1.50 bits per heavy atom. The van der Waals surface area contributed by atoms with E-state index in [9.17, 15) is 9.90 Å². The highest BCUT2D eigenvalue weighted by molar-refractivity contribution is 5.20. The third-order valence-electron chi connectivity index (χ3n) is 2.57. The van der Waals surface area contributed by atoms with Gasteiger partial charge in [0.2, 0.25) is 5.43 Å². The number of aromatic hydroxyl groups is 1. The molecule has 0 fully saturated rings. The minimum Gasteiger partial charge on any atom is -0.503 e. The lowest BCUT2D eigenvalue weighted by atomic mass is 10.3. The number of rotatable bonds is 5. The molecule has 2 N–H and O–H groups in total. The number of hydrogen-bond donors (Lipinski definition) is 2. The van der Waals surface area contributed by atoms with Gasteiger partial charge in [-0.3, -0.25) is 9.69 Å². The highest BCUT2D eigenvalue weighted by Gasteiger charge is 2.07. The van der Waals surface area contributed by atoms with Gasteiger partial charge in [-0.25, -0.2) is 0 Å². The number of aliphatic hydroxyl groups is 1. The molecule has 0 unspecified atom stereocenters. The number of nitrogens with zero attached hydrogens (tertiary/aromatic N) is 2. The fourth-order valence-corrected chi connectivity index (χ4v) is 1.53. The van der Waals surface area contributed by atoms with Crippen molar-refractivity contribution in [3.8, 4) is 5.75 Å². The molecule has 1 aromatic rings. The first-order chi connectivity index (χ1) is 7.58. The predicted octanol–water partition coefficient (Wildman–Crippen LogP) is -0.0949. The van der Waals surface area contributed by atoms with Crippen molar-refractivity contribution < 1.29 is 10.2 Å². The zero-order valence-electron chi connectivity index (χ0n) is 9.68. The first-order valence-electron chi connectivity index (χ1n) is 5.30. The van der Waals surface area contributed by atoms with Crippen LogP contribution in [0.25, 0.3) is 0 Å². The topological polar surface area (TPSA) is 65.7 Å². The van der Waals surface area contributed by atoms with E-state index in [1.165, 1.54) is 12.3 Å². The van der Waals surface area contributed by atoms with E-state index in [0.717, 1.165) is 12.2 Å². The summed E-state index contributed by atoms with van der Waals surface area (Å²) < 4.78 is 1.72. The van der Waals surface area contributed by atoms with Gasteiger partial charge in [-0.05, 0) is 6.54 Å². The maximum atomic E-state index is 11.3. The van der Waals surface area contributed by atoms with Crippen molar-refractivity contribution in [1.29, 1.82) is 0 Å². The molecule has 16 heavy (non-hydrogen) atoms. The van der Waals surface area contributed by atoms with Crippen LogP contribution in [0.1, 0.15) is 12.6 Å². The van der Waals surface area contributed by atoms with E-state index >= 15 is 0 Å². The normalized spacial score (nSPS) is 11.0. The molecule has 0 aliphatic rings. The van der Waals surface area contributed by atoms with Crippen LogP contribution in [0.4, 0.5) is 0 Å². The summed E-state index contributed by atoms with van der Waals surface area (Å²) >= 11 is 0. The lowest BCUT2D eigenvalue weighted by Crippen LogP contribution is -2.28. The summed E-state index contributed by atoms with van der Waals surface area (Å²) in [5.41, 5.74) is 0.450. The van der Waals surface area contributed by atoms with E-state index in [0.29, 0.717) is 13.1 Å². The summed E-state index contributed by atoms with van der Waals surface area (Å²) in [6, 6.07) is 1.43. The van der Waals surface area contributed by atoms with E-state index < -0.39 is 0 Å². The summed E-state index contributed by atoms with van der Waals surface area (Å²) in [4.78, 5) is 13.3. The first kappa shape index (κ1) is 12.7. The van der Waals surface area contributed by atoms with Crippen molar-refractivity contribution in [2.75, 3.05) is 19.7 Å².